The van der Waals surface area contributed by atoms with Gasteiger partial charge in [-0.2, -0.15) is 0 Å². The van der Waals surface area contributed by atoms with E-state index in [4.69, 9.17) is 0 Å². The summed E-state index contributed by atoms with van der Waals surface area (Å²) in [7, 11) is 0. The molecule has 3 aliphatic rings. The Bertz CT molecular complexity index is 1850. The first-order chi connectivity index (χ1) is 20.2. The van der Waals surface area contributed by atoms with Crippen LogP contribution < -0.4 is 0 Å². The average molecular weight is 532 g/mol. The van der Waals surface area contributed by atoms with Crippen molar-refractivity contribution < 1.29 is 9.59 Å². The molecule has 5 aromatic rings. The smallest absolute Gasteiger partial charge is 0.189 e. The third-order valence-corrected chi connectivity index (χ3v) is 9.60. The molecule has 0 saturated carbocycles. The fourth-order valence-corrected chi connectivity index (χ4v) is 8.00. The maximum Gasteiger partial charge on any atom is 0.189 e. The van der Waals surface area contributed by atoms with Crippen molar-refractivity contribution in [1.29, 1.82) is 0 Å². The Morgan fingerprint density at radius 2 is 1.44 bits per heavy atom. The van der Waals surface area contributed by atoms with Gasteiger partial charge in [0.25, 0.3) is 0 Å². The normalized spacial score (nSPS) is 24.7. The van der Waals surface area contributed by atoms with Crippen molar-refractivity contribution in [2.45, 2.75) is 30.5 Å². The Morgan fingerprint density at radius 3 is 2.22 bits per heavy atom. The highest BCUT2D eigenvalue weighted by Crippen LogP contribution is 2.61. The Morgan fingerprint density at radius 1 is 0.756 bits per heavy atom. The zero-order valence-electron chi connectivity index (χ0n) is 22.6. The van der Waals surface area contributed by atoms with Gasteiger partial charge in [0, 0.05) is 24.1 Å². The molecule has 0 amide bonds. The van der Waals surface area contributed by atoms with Crippen LogP contribution in [0.3, 0.4) is 0 Å². The second kappa shape index (κ2) is 9.22. The minimum atomic E-state index is -1.08. The monoisotopic (exact) mass is 531 g/mol. The van der Waals surface area contributed by atoms with Crippen LogP contribution >= 0.6 is 0 Å². The lowest BCUT2D eigenvalue weighted by atomic mass is 9.69. The molecule has 0 radical (unpaired) electrons. The number of rotatable bonds is 4. The third-order valence-electron chi connectivity index (χ3n) is 9.60. The topological polar surface area (TPSA) is 37.4 Å². The number of benzene rings is 5. The summed E-state index contributed by atoms with van der Waals surface area (Å²) in [5.41, 5.74) is 5.25. The Balaban J connectivity index is 1.40. The summed E-state index contributed by atoms with van der Waals surface area (Å²) < 4.78 is 0. The van der Waals surface area contributed by atoms with E-state index in [0.29, 0.717) is 6.54 Å². The van der Waals surface area contributed by atoms with E-state index in [2.05, 4.69) is 71.6 Å². The minimum Gasteiger partial charge on any atom is -0.294 e. The maximum atomic E-state index is 15.0. The maximum absolute atomic E-state index is 15.0. The van der Waals surface area contributed by atoms with Gasteiger partial charge in [0.05, 0.1) is 5.92 Å². The zero-order chi connectivity index (χ0) is 27.6. The molecule has 2 aliphatic heterocycles. The molecule has 2 heterocycles. The van der Waals surface area contributed by atoms with Crippen molar-refractivity contribution in [3.8, 4) is 0 Å². The van der Waals surface area contributed by atoms with Gasteiger partial charge in [-0.15, -0.1) is 0 Å². The summed E-state index contributed by atoms with van der Waals surface area (Å²) in [6.07, 6.45) is 4.42. The molecule has 41 heavy (non-hydrogen) atoms. The number of nitrogens with zero attached hydrogens (tertiary/aromatic N) is 1. The molecule has 1 spiro atoms. The second-order valence-corrected chi connectivity index (χ2v) is 11.5. The van der Waals surface area contributed by atoms with Crippen molar-refractivity contribution in [3.05, 3.63) is 161 Å². The third kappa shape index (κ3) is 3.42. The molecule has 0 unspecified atom stereocenters. The van der Waals surface area contributed by atoms with Crippen LogP contribution in [0.2, 0.25) is 0 Å². The molecule has 8 rings (SSSR count). The first kappa shape index (κ1) is 24.2. The molecule has 3 heteroatoms. The molecule has 0 bridgehead atoms. The van der Waals surface area contributed by atoms with Crippen LogP contribution in [0.15, 0.2) is 127 Å². The molecule has 1 fully saturated rings. The predicted octanol–water partition coefficient (Wildman–Crippen LogP) is 7.35. The van der Waals surface area contributed by atoms with Gasteiger partial charge in [-0.3, -0.25) is 14.5 Å². The van der Waals surface area contributed by atoms with E-state index < -0.39 is 11.5 Å². The summed E-state index contributed by atoms with van der Waals surface area (Å²) >= 11 is 0. The largest absolute Gasteiger partial charge is 0.294 e. The lowest BCUT2D eigenvalue weighted by molar-refractivity contribution is -0.120. The highest BCUT2D eigenvalue weighted by Gasteiger charge is 2.68. The van der Waals surface area contributed by atoms with Gasteiger partial charge < -0.3 is 0 Å². The lowest BCUT2D eigenvalue weighted by Gasteiger charge is -2.42. The van der Waals surface area contributed by atoms with Crippen LogP contribution in [0, 0.1) is 5.92 Å². The summed E-state index contributed by atoms with van der Waals surface area (Å²) in [4.78, 5) is 32.2. The molecule has 1 aliphatic carbocycles. The van der Waals surface area contributed by atoms with Gasteiger partial charge >= 0.3 is 0 Å². The van der Waals surface area contributed by atoms with Crippen LogP contribution in [0.25, 0.3) is 16.8 Å². The van der Waals surface area contributed by atoms with E-state index in [1.807, 2.05) is 60.7 Å². The fraction of sp³-hybridized carbons (Fsp3) is 0.158. The SMILES string of the molecule is O=C(/C=C/c1ccccc1)[C@@H]1[C@@H](c2ccccc2)[C@@H]2Cc3ccccc3CN2[C@@]12C(=O)c1cccc3cccc2c13. The Kier molecular flexibility index (Phi) is 5.45. The van der Waals surface area contributed by atoms with E-state index in [9.17, 15) is 4.79 Å². The standard InChI is InChI=1S/C38H29NO2/c40-33(22-21-25-11-3-1-4-12-25)36-35(27-13-5-2-6-14-27)32-23-28-15-7-8-16-29(28)24-39(32)38(36)31-20-10-18-26-17-9-19-30(34(26)31)37(38)41/h1-22,32,35-36H,23-24H2/b22-21+/t32-,35-,36+,38+/m0/s1. The molecule has 1 saturated heterocycles. The lowest BCUT2D eigenvalue weighted by Crippen LogP contribution is -2.53. The van der Waals surface area contributed by atoms with Gasteiger partial charge in [0.1, 0.15) is 5.54 Å². The van der Waals surface area contributed by atoms with Gasteiger partial charge in [-0.1, -0.05) is 127 Å². The predicted molar refractivity (Wildman–Crippen MR) is 163 cm³/mol. The first-order valence-corrected chi connectivity index (χ1v) is 14.4. The second-order valence-electron chi connectivity index (χ2n) is 11.5. The van der Waals surface area contributed by atoms with Crippen molar-refractivity contribution in [2.24, 2.45) is 5.92 Å². The zero-order valence-corrected chi connectivity index (χ0v) is 22.6. The van der Waals surface area contributed by atoms with E-state index in [1.165, 1.54) is 11.1 Å². The van der Waals surface area contributed by atoms with Crippen LogP contribution in [0.1, 0.15) is 44.1 Å². The molecule has 0 N–H and O–H groups in total. The molecular formula is C38H29NO2. The summed E-state index contributed by atoms with van der Waals surface area (Å²) in [6.45, 7) is 0.631. The number of hydrogen-bond acceptors (Lipinski definition) is 3. The quantitative estimate of drug-likeness (QED) is 0.228. The van der Waals surface area contributed by atoms with E-state index >= 15 is 4.79 Å². The number of Topliss-reactive ketones (excluding diaryl/α,β-unsaturated/α-hetero) is 1. The first-order valence-electron chi connectivity index (χ1n) is 14.4. The summed E-state index contributed by atoms with van der Waals surface area (Å²) in [5.74, 6) is -0.668. The molecule has 5 aromatic carbocycles. The van der Waals surface area contributed by atoms with Gasteiger partial charge in [-0.25, -0.2) is 0 Å². The highest BCUT2D eigenvalue weighted by molar-refractivity contribution is 6.22. The molecule has 198 valence electrons. The number of carbonyl (C=O) groups excluding carboxylic acids is 2. The number of ketones is 2. The van der Waals surface area contributed by atoms with E-state index in [-0.39, 0.29) is 23.5 Å². The van der Waals surface area contributed by atoms with Crippen molar-refractivity contribution in [2.75, 3.05) is 0 Å². The van der Waals surface area contributed by atoms with E-state index in [1.54, 1.807) is 6.08 Å². The van der Waals surface area contributed by atoms with Crippen molar-refractivity contribution in [1.82, 2.24) is 4.90 Å². The van der Waals surface area contributed by atoms with Crippen LogP contribution in [0.4, 0.5) is 0 Å². The van der Waals surface area contributed by atoms with Crippen molar-refractivity contribution >= 4 is 28.4 Å². The number of carbonyl (C=O) groups is 2. The highest BCUT2D eigenvalue weighted by atomic mass is 16.1. The number of allylic oxidation sites excluding steroid dienone is 1. The minimum absolute atomic E-state index is 0.0000985. The average Bonchev–Trinajstić information content (AvgIpc) is 3.46. The summed E-state index contributed by atoms with van der Waals surface area (Å²) in [5, 5.41) is 2.05. The Labute approximate surface area is 239 Å². The number of hydrogen-bond donors (Lipinski definition) is 0. The van der Waals surface area contributed by atoms with Gasteiger partial charge in [0.2, 0.25) is 0 Å². The molecule has 3 nitrogen and oxygen atoms in total. The van der Waals surface area contributed by atoms with Crippen LogP contribution in [0.5, 0.6) is 0 Å². The van der Waals surface area contributed by atoms with Crippen LogP contribution in [-0.4, -0.2) is 22.5 Å². The van der Waals surface area contributed by atoms with E-state index in [0.717, 1.165) is 39.4 Å². The van der Waals surface area contributed by atoms with Crippen LogP contribution in [-0.2, 0) is 23.3 Å². The van der Waals surface area contributed by atoms with Crippen molar-refractivity contribution in [3.63, 3.8) is 0 Å². The van der Waals surface area contributed by atoms with Gasteiger partial charge in [-0.05, 0) is 51.1 Å². The number of fused-ring (bicyclic) bond motifs is 4. The van der Waals surface area contributed by atoms with Gasteiger partial charge in [0.15, 0.2) is 11.6 Å². The summed E-state index contributed by atoms with van der Waals surface area (Å²) in [6, 6.07) is 41.1. The fourth-order valence-electron chi connectivity index (χ4n) is 8.00. The molecule has 4 atom stereocenters. The molecule has 0 aromatic heterocycles. The molecular weight excluding hydrogens is 502 g/mol. The Hall–Kier alpha value is -4.60.